The van der Waals surface area contributed by atoms with Crippen molar-refractivity contribution in [1.29, 1.82) is 0 Å². The third-order valence-corrected chi connectivity index (χ3v) is 6.82. The van der Waals surface area contributed by atoms with Gasteiger partial charge >= 0.3 is 0 Å². The normalized spacial score (nSPS) is 11.8. The molecule has 8 nitrogen and oxygen atoms in total. The number of ether oxygens (including phenoxy) is 3. The summed E-state index contributed by atoms with van der Waals surface area (Å²) in [5, 5.41) is 2.73. The number of amides is 1. The molecule has 0 heterocycles. The summed E-state index contributed by atoms with van der Waals surface area (Å²) in [4.78, 5) is 12.8. The Balaban J connectivity index is 2.36. The van der Waals surface area contributed by atoms with E-state index in [9.17, 15) is 13.2 Å². The number of sulfonamides is 1. The Labute approximate surface area is 196 Å². The number of hydrogen-bond donors (Lipinski definition) is 1. The highest BCUT2D eigenvalue weighted by atomic mass is 32.2. The van der Waals surface area contributed by atoms with E-state index in [0.29, 0.717) is 35.9 Å². The molecular formula is C24H32N2O6S. The van der Waals surface area contributed by atoms with Crippen molar-refractivity contribution in [3.63, 3.8) is 0 Å². The largest absolute Gasteiger partial charge is 0.497 e. The molecule has 0 saturated heterocycles. The van der Waals surface area contributed by atoms with Crippen LogP contribution in [0.5, 0.6) is 17.2 Å². The first-order chi connectivity index (χ1) is 15.7. The van der Waals surface area contributed by atoms with Crippen LogP contribution in [0.1, 0.15) is 33.3 Å². The lowest BCUT2D eigenvalue weighted by Crippen LogP contribution is -2.30. The van der Waals surface area contributed by atoms with Crippen LogP contribution in [0.4, 0.5) is 5.69 Å². The third-order valence-electron chi connectivity index (χ3n) is 4.77. The molecule has 0 bridgehead atoms. The van der Waals surface area contributed by atoms with Crippen LogP contribution in [0.25, 0.3) is 6.08 Å². The van der Waals surface area contributed by atoms with Gasteiger partial charge in [0, 0.05) is 30.8 Å². The van der Waals surface area contributed by atoms with E-state index < -0.39 is 15.9 Å². The maximum absolute atomic E-state index is 12.9. The van der Waals surface area contributed by atoms with Crippen molar-refractivity contribution >= 4 is 27.7 Å². The van der Waals surface area contributed by atoms with Gasteiger partial charge < -0.3 is 19.5 Å². The van der Waals surface area contributed by atoms with Gasteiger partial charge in [0.25, 0.3) is 0 Å². The topological polar surface area (TPSA) is 94.2 Å². The van der Waals surface area contributed by atoms with Gasteiger partial charge in [-0.05, 0) is 50.3 Å². The van der Waals surface area contributed by atoms with E-state index in [2.05, 4.69) is 5.32 Å². The van der Waals surface area contributed by atoms with Crippen LogP contribution in [0, 0.1) is 0 Å². The maximum atomic E-state index is 12.9. The summed E-state index contributed by atoms with van der Waals surface area (Å²) in [6, 6.07) is 9.71. The number of methoxy groups -OCH3 is 2. The summed E-state index contributed by atoms with van der Waals surface area (Å²) in [7, 11) is -0.606. The number of hydrogen-bond acceptors (Lipinski definition) is 6. The Morgan fingerprint density at radius 2 is 1.73 bits per heavy atom. The van der Waals surface area contributed by atoms with Gasteiger partial charge in [0.05, 0.1) is 30.9 Å². The molecule has 0 aromatic heterocycles. The van der Waals surface area contributed by atoms with E-state index >= 15 is 0 Å². The Kier molecular flexibility index (Phi) is 9.31. The molecule has 9 heteroatoms. The van der Waals surface area contributed by atoms with Crippen molar-refractivity contribution in [1.82, 2.24) is 4.31 Å². The van der Waals surface area contributed by atoms with Crippen LogP contribution in [0.15, 0.2) is 47.4 Å². The van der Waals surface area contributed by atoms with Crippen molar-refractivity contribution in [2.45, 2.75) is 38.7 Å². The zero-order valence-corrected chi connectivity index (χ0v) is 20.7. The van der Waals surface area contributed by atoms with E-state index in [1.54, 1.807) is 51.3 Å². The first-order valence-electron chi connectivity index (χ1n) is 10.7. The fourth-order valence-electron chi connectivity index (χ4n) is 3.13. The summed E-state index contributed by atoms with van der Waals surface area (Å²) < 4.78 is 43.5. The molecule has 0 saturated carbocycles. The van der Waals surface area contributed by atoms with E-state index in [0.717, 1.165) is 0 Å². The van der Waals surface area contributed by atoms with Gasteiger partial charge in [0.15, 0.2) is 0 Å². The number of carbonyl (C=O) groups is 1. The number of benzene rings is 2. The number of anilines is 1. The lowest BCUT2D eigenvalue weighted by atomic mass is 10.1. The van der Waals surface area contributed by atoms with E-state index in [-0.39, 0.29) is 16.7 Å². The molecule has 2 aromatic carbocycles. The highest BCUT2D eigenvalue weighted by molar-refractivity contribution is 7.89. The van der Waals surface area contributed by atoms with Gasteiger partial charge in [-0.15, -0.1) is 0 Å². The fraction of sp³-hybridized carbons (Fsp3) is 0.375. The van der Waals surface area contributed by atoms with Crippen molar-refractivity contribution in [2.75, 3.05) is 32.6 Å². The molecule has 2 rings (SSSR count). The Morgan fingerprint density at radius 1 is 1.03 bits per heavy atom. The van der Waals surface area contributed by atoms with Crippen LogP contribution < -0.4 is 19.5 Å². The molecule has 0 atom stereocenters. The summed E-state index contributed by atoms with van der Waals surface area (Å²) in [6.07, 6.45) is 2.78. The van der Waals surface area contributed by atoms with Crippen molar-refractivity contribution < 1.29 is 27.4 Å². The van der Waals surface area contributed by atoms with Crippen molar-refractivity contribution in [2.24, 2.45) is 0 Å². The molecule has 0 fully saturated rings. The van der Waals surface area contributed by atoms with Gasteiger partial charge in [-0.1, -0.05) is 13.8 Å². The number of rotatable bonds is 11. The second kappa shape index (κ2) is 11.7. The van der Waals surface area contributed by atoms with Crippen molar-refractivity contribution in [3.8, 4) is 17.2 Å². The summed E-state index contributed by atoms with van der Waals surface area (Å²) in [5.74, 6) is 1.12. The molecule has 1 N–H and O–H groups in total. The van der Waals surface area contributed by atoms with Crippen molar-refractivity contribution in [3.05, 3.63) is 48.0 Å². The highest BCUT2D eigenvalue weighted by Gasteiger charge is 2.23. The lowest BCUT2D eigenvalue weighted by molar-refractivity contribution is -0.111. The zero-order chi connectivity index (χ0) is 24.6. The Hall–Kier alpha value is -3.04. The van der Waals surface area contributed by atoms with Crippen LogP contribution >= 0.6 is 0 Å². The van der Waals surface area contributed by atoms with Gasteiger partial charge in [-0.25, -0.2) is 8.42 Å². The first-order valence-corrected chi connectivity index (χ1v) is 12.1. The van der Waals surface area contributed by atoms with Crippen LogP contribution in [-0.2, 0) is 14.8 Å². The van der Waals surface area contributed by atoms with Crippen LogP contribution in [0.3, 0.4) is 0 Å². The number of carbonyl (C=O) groups excluding carboxylic acids is 1. The minimum absolute atomic E-state index is 0.0819. The first kappa shape index (κ1) is 26.2. The summed E-state index contributed by atoms with van der Waals surface area (Å²) in [5.41, 5.74) is 0.957. The number of nitrogens with one attached hydrogen (secondary N) is 1. The zero-order valence-electron chi connectivity index (χ0n) is 19.9. The molecule has 0 aliphatic carbocycles. The molecule has 0 aliphatic heterocycles. The van der Waals surface area contributed by atoms with Crippen LogP contribution in [-0.4, -0.2) is 52.0 Å². The standard InChI is InChI=1S/C24H32N2O6S/c1-7-26(8-2)33(28,29)20-12-13-22(32-17(3)4)21(16-20)25-24(27)14-10-18-9-11-19(30-5)15-23(18)31-6/h9-17H,7-8H2,1-6H3,(H,25,27)/b14-10+. The SMILES string of the molecule is CCN(CC)S(=O)(=O)c1ccc(OC(C)C)c(NC(=O)/C=C/c2ccc(OC)cc2OC)c1. The second-order valence-corrected chi connectivity index (χ2v) is 9.28. The van der Waals surface area contributed by atoms with E-state index in [1.807, 2.05) is 13.8 Å². The smallest absolute Gasteiger partial charge is 0.248 e. The molecule has 180 valence electrons. The Bertz CT molecular complexity index is 1090. The highest BCUT2D eigenvalue weighted by Crippen LogP contribution is 2.30. The molecule has 0 radical (unpaired) electrons. The monoisotopic (exact) mass is 476 g/mol. The van der Waals surface area contributed by atoms with Gasteiger partial charge in [-0.2, -0.15) is 4.31 Å². The van der Waals surface area contributed by atoms with Gasteiger partial charge in [0.1, 0.15) is 17.2 Å². The molecule has 0 spiro atoms. The predicted molar refractivity (Wildman–Crippen MR) is 130 cm³/mol. The predicted octanol–water partition coefficient (Wildman–Crippen LogP) is 4.17. The third kappa shape index (κ3) is 6.72. The molecule has 0 aliphatic rings. The summed E-state index contributed by atoms with van der Waals surface area (Å²) >= 11 is 0. The fourth-order valence-corrected chi connectivity index (χ4v) is 4.62. The van der Waals surface area contributed by atoms with E-state index in [4.69, 9.17) is 14.2 Å². The average Bonchev–Trinajstić information content (AvgIpc) is 2.78. The lowest BCUT2D eigenvalue weighted by Gasteiger charge is -2.20. The Morgan fingerprint density at radius 3 is 2.30 bits per heavy atom. The quantitative estimate of drug-likeness (QED) is 0.489. The van der Waals surface area contributed by atoms with Crippen LogP contribution in [0.2, 0.25) is 0 Å². The van der Waals surface area contributed by atoms with E-state index in [1.165, 1.54) is 29.6 Å². The molecule has 0 unspecified atom stereocenters. The molecular weight excluding hydrogens is 444 g/mol. The maximum Gasteiger partial charge on any atom is 0.248 e. The molecule has 1 amide bonds. The minimum Gasteiger partial charge on any atom is -0.497 e. The minimum atomic E-state index is -3.70. The summed E-state index contributed by atoms with van der Waals surface area (Å²) in [6.45, 7) is 7.94. The molecule has 2 aromatic rings. The van der Waals surface area contributed by atoms with Gasteiger partial charge in [-0.3, -0.25) is 4.79 Å². The second-order valence-electron chi connectivity index (χ2n) is 7.34. The average molecular weight is 477 g/mol. The molecule has 33 heavy (non-hydrogen) atoms. The van der Waals surface area contributed by atoms with Gasteiger partial charge in [0.2, 0.25) is 15.9 Å². The number of nitrogens with zero attached hydrogens (tertiary/aromatic N) is 1.